The van der Waals surface area contributed by atoms with Gasteiger partial charge in [-0.3, -0.25) is 13.9 Å². The second-order valence-electron chi connectivity index (χ2n) is 11.7. The van der Waals surface area contributed by atoms with Crippen molar-refractivity contribution in [2.75, 3.05) is 10.8 Å². The maximum Gasteiger partial charge on any atom is 0.306 e. The summed E-state index contributed by atoms with van der Waals surface area (Å²) < 4.78 is 65.2. The van der Waals surface area contributed by atoms with E-state index in [0.29, 0.717) is 41.8 Å². The van der Waals surface area contributed by atoms with Crippen LogP contribution in [0.1, 0.15) is 55.4 Å². The standard InChI is InChI=1S/C32H30Cl2F2N2O6S/c33-21-5-3-4-20(14-21)31-30(19-10-13-23(34)25(36)15-19)38(32(41)28(44-31)16-29(39)40)27(18-8-9-18)17-37(45(42,43)22-11-12-22)26-7-2-1-6-24(26)35/h1-7,10,13-15,18,22,27-28,30-31H,8-9,11-12,16-17H2,(H,39,40)/t27-,28+,30-,31-/m1/s1. The van der Waals surface area contributed by atoms with Gasteiger partial charge in [0.05, 0.1) is 41.0 Å². The second-order valence-corrected chi connectivity index (χ2v) is 14.7. The zero-order valence-electron chi connectivity index (χ0n) is 23.9. The number of rotatable bonds is 11. The van der Waals surface area contributed by atoms with E-state index >= 15 is 4.39 Å². The Morgan fingerprint density at radius 3 is 2.33 bits per heavy atom. The lowest BCUT2D eigenvalue weighted by Crippen LogP contribution is -2.59. The van der Waals surface area contributed by atoms with Crippen LogP contribution in [0.4, 0.5) is 14.5 Å². The van der Waals surface area contributed by atoms with Crippen molar-refractivity contribution < 1.29 is 36.6 Å². The lowest BCUT2D eigenvalue weighted by molar-refractivity contribution is -0.183. The largest absolute Gasteiger partial charge is 0.481 e. The minimum atomic E-state index is -4.02. The Morgan fingerprint density at radius 1 is 0.978 bits per heavy atom. The van der Waals surface area contributed by atoms with Gasteiger partial charge < -0.3 is 14.7 Å². The van der Waals surface area contributed by atoms with Gasteiger partial charge in [-0.15, -0.1) is 0 Å². The highest BCUT2D eigenvalue weighted by atomic mass is 35.5. The van der Waals surface area contributed by atoms with Crippen molar-refractivity contribution in [3.8, 4) is 0 Å². The first-order valence-electron chi connectivity index (χ1n) is 14.6. The van der Waals surface area contributed by atoms with Crippen molar-refractivity contribution in [1.82, 2.24) is 4.90 Å². The van der Waals surface area contributed by atoms with Gasteiger partial charge in [-0.05, 0) is 79.1 Å². The van der Waals surface area contributed by atoms with Crippen LogP contribution in [0.15, 0.2) is 66.7 Å². The number of amides is 1. The maximum absolute atomic E-state index is 15.3. The van der Waals surface area contributed by atoms with Gasteiger partial charge in [0.15, 0.2) is 0 Å². The fourth-order valence-electron chi connectivity index (χ4n) is 6.05. The minimum absolute atomic E-state index is 0.140. The van der Waals surface area contributed by atoms with Crippen LogP contribution in [0.2, 0.25) is 10.0 Å². The molecule has 1 saturated heterocycles. The van der Waals surface area contributed by atoms with Crippen molar-refractivity contribution >= 4 is 50.8 Å². The van der Waals surface area contributed by atoms with Gasteiger partial charge in [-0.25, -0.2) is 17.2 Å². The third-order valence-corrected chi connectivity index (χ3v) is 11.3. The van der Waals surface area contributed by atoms with Crippen molar-refractivity contribution in [3.63, 3.8) is 0 Å². The molecule has 0 bridgehead atoms. The van der Waals surface area contributed by atoms with Crippen LogP contribution in [-0.4, -0.2) is 54.2 Å². The van der Waals surface area contributed by atoms with E-state index in [9.17, 15) is 27.5 Å². The number of anilines is 1. The molecule has 6 rings (SSSR count). The number of para-hydroxylation sites is 1. The Kier molecular flexibility index (Phi) is 8.82. The van der Waals surface area contributed by atoms with Crippen LogP contribution in [0.3, 0.4) is 0 Å². The molecular weight excluding hydrogens is 649 g/mol. The molecule has 8 nitrogen and oxygen atoms in total. The third-order valence-electron chi connectivity index (χ3n) is 8.50. The van der Waals surface area contributed by atoms with E-state index in [0.717, 1.165) is 4.31 Å². The van der Waals surface area contributed by atoms with Crippen LogP contribution >= 0.6 is 23.2 Å². The number of carbonyl (C=O) groups is 2. The Hall–Kier alpha value is -3.25. The quantitative estimate of drug-likeness (QED) is 0.247. The molecule has 1 N–H and O–H groups in total. The van der Waals surface area contributed by atoms with Crippen molar-refractivity contribution in [2.45, 2.75) is 61.6 Å². The molecule has 238 valence electrons. The molecule has 0 spiro atoms. The van der Waals surface area contributed by atoms with Crippen LogP contribution in [-0.2, 0) is 24.3 Å². The maximum atomic E-state index is 15.3. The number of carboxylic acid groups (broad SMARTS) is 1. The number of halogens is 4. The van der Waals surface area contributed by atoms with E-state index < -0.39 is 69.5 Å². The van der Waals surface area contributed by atoms with Gasteiger partial charge >= 0.3 is 5.97 Å². The summed E-state index contributed by atoms with van der Waals surface area (Å²) in [5.74, 6) is -3.64. The number of ether oxygens (including phenoxy) is 1. The molecule has 1 aliphatic heterocycles. The van der Waals surface area contributed by atoms with E-state index in [-0.39, 0.29) is 23.2 Å². The molecule has 2 aliphatic carbocycles. The van der Waals surface area contributed by atoms with E-state index in [4.69, 9.17) is 27.9 Å². The molecule has 13 heteroatoms. The van der Waals surface area contributed by atoms with Crippen LogP contribution in [0, 0.1) is 17.6 Å². The lowest BCUT2D eigenvalue weighted by Gasteiger charge is -2.49. The molecule has 3 aliphatic rings. The highest BCUT2D eigenvalue weighted by Gasteiger charge is 2.52. The molecule has 0 unspecified atom stereocenters. The van der Waals surface area contributed by atoms with Crippen LogP contribution in [0.25, 0.3) is 0 Å². The van der Waals surface area contributed by atoms with Gasteiger partial charge in [0.25, 0.3) is 5.91 Å². The SMILES string of the molecule is O=C(O)C[C@@H]1O[C@H](c2cccc(Cl)c2)[C@@H](c2ccc(Cl)c(F)c2)N([C@H](CN(c2ccccc2F)S(=O)(=O)C2CC2)C2CC2)C1=O. The summed E-state index contributed by atoms with van der Waals surface area (Å²) in [5.41, 5.74) is 0.664. The van der Waals surface area contributed by atoms with Gasteiger partial charge in [-0.2, -0.15) is 0 Å². The molecule has 1 amide bonds. The molecule has 0 radical (unpaired) electrons. The number of morpholine rings is 1. The number of carboxylic acids is 1. The van der Waals surface area contributed by atoms with Crippen molar-refractivity contribution in [1.29, 1.82) is 0 Å². The molecule has 0 aromatic heterocycles. The highest BCUT2D eigenvalue weighted by molar-refractivity contribution is 7.93. The Labute approximate surface area is 269 Å². The van der Waals surface area contributed by atoms with Crippen LogP contribution < -0.4 is 4.31 Å². The molecule has 4 atom stereocenters. The summed E-state index contributed by atoms with van der Waals surface area (Å²) in [7, 11) is -4.02. The van der Waals surface area contributed by atoms with Gasteiger partial charge in [0.2, 0.25) is 10.0 Å². The summed E-state index contributed by atoms with van der Waals surface area (Å²) in [6.45, 7) is -0.287. The predicted molar refractivity (Wildman–Crippen MR) is 165 cm³/mol. The average molecular weight is 680 g/mol. The number of benzene rings is 3. The summed E-state index contributed by atoms with van der Waals surface area (Å²) >= 11 is 12.4. The Morgan fingerprint density at radius 2 is 1.71 bits per heavy atom. The fourth-order valence-corrected chi connectivity index (χ4v) is 8.24. The zero-order chi connectivity index (χ0) is 32.0. The monoisotopic (exact) mass is 678 g/mol. The molecule has 45 heavy (non-hydrogen) atoms. The van der Waals surface area contributed by atoms with Gasteiger partial charge in [0, 0.05) is 5.02 Å². The second kappa shape index (κ2) is 12.5. The first kappa shape index (κ1) is 31.7. The molecule has 3 aromatic carbocycles. The summed E-state index contributed by atoms with van der Waals surface area (Å²) in [6, 6.07) is 14.4. The number of nitrogens with zero attached hydrogens (tertiary/aromatic N) is 2. The third kappa shape index (κ3) is 6.54. The average Bonchev–Trinajstić information content (AvgIpc) is 3.90. The number of carbonyl (C=O) groups excluding carboxylic acids is 1. The Balaban J connectivity index is 1.52. The van der Waals surface area contributed by atoms with Gasteiger partial charge in [-0.1, -0.05) is 53.5 Å². The normalized spacial score (nSPS) is 22.7. The van der Waals surface area contributed by atoms with E-state index in [2.05, 4.69) is 0 Å². The molecule has 3 fully saturated rings. The molecule has 3 aromatic rings. The zero-order valence-corrected chi connectivity index (χ0v) is 26.2. The first-order valence-corrected chi connectivity index (χ1v) is 16.9. The number of sulfonamides is 1. The summed E-state index contributed by atoms with van der Waals surface area (Å²) in [6.07, 6.45) is -0.959. The number of hydrogen-bond acceptors (Lipinski definition) is 5. The molecular formula is C32H30Cl2F2N2O6S. The fraction of sp³-hybridized carbons (Fsp3) is 0.375. The van der Waals surface area contributed by atoms with E-state index in [1.54, 1.807) is 30.3 Å². The summed E-state index contributed by atoms with van der Waals surface area (Å²) in [5, 5.41) is 9.25. The number of aliphatic carboxylic acids is 1. The predicted octanol–water partition coefficient (Wildman–Crippen LogP) is 6.53. The number of hydrogen-bond donors (Lipinski definition) is 1. The van der Waals surface area contributed by atoms with Crippen molar-refractivity contribution in [3.05, 3.63) is 99.5 Å². The molecule has 2 saturated carbocycles. The topological polar surface area (TPSA) is 104 Å². The van der Waals surface area contributed by atoms with Crippen LogP contribution in [0.5, 0.6) is 0 Å². The minimum Gasteiger partial charge on any atom is -0.481 e. The van der Waals surface area contributed by atoms with E-state index in [1.807, 2.05) is 0 Å². The van der Waals surface area contributed by atoms with Gasteiger partial charge in [0.1, 0.15) is 23.8 Å². The Bertz CT molecular complexity index is 1740. The highest BCUT2D eigenvalue weighted by Crippen LogP contribution is 2.49. The summed E-state index contributed by atoms with van der Waals surface area (Å²) in [4.78, 5) is 27.7. The first-order chi connectivity index (χ1) is 21.5. The van der Waals surface area contributed by atoms with E-state index in [1.165, 1.54) is 41.3 Å². The van der Waals surface area contributed by atoms with Crippen molar-refractivity contribution in [2.24, 2.45) is 5.92 Å². The lowest BCUT2D eigenvalue weighted by atomic mass is 9.89. The molecule has 1 heterocycles. The smallest absolute Gasteiger partial charge is 0.306 e.